The van der Waals surface area contributed by atoms with E-state index in [9.17, 15) is 4.79 Å². The first kappa shape index (κ1) is 8.53. The maximum absolute atomic E-state index is 11.0. The Morgan fingerprint density at radius 3 is 2.91 bits per heavy atom. The van der Waals surface area contributed by atoms with Gasteiger partial charge in [-0.3, -0.25) is 0 Å². The van der Waals surface area contributed by atoms with Crippen molar-refractivity contribution in [3.05, 3.63) is 0 Å². The fourth-order valence-electron chi connectivity index (χ4n) is 1.18. The van der Waals surface area contributed by atoms with Crippen molar-refractivity contribution in [3.63, 3.8) is 0 Å². The van der Waals surface area contributed by atoms with Gasteiger partial charge in [0.25, 0.3) is 0 Å². The van der Waals surface area contributed by atoms with Crippen LogP contribution >= 0.6 is 0 Å². The van der Waals surface area contributed by atoms with E-state index in [0.29, 0.717) is 19.1 Å². The highest BCUT2D eigenvalue weighted by Gasteiger charge is 2.29. The molecule has 0 aliphatic carbocycles. The molecule has 1 fully saturated rings. The Bertz CT molecular complexity index is 144. The number of hydrogen-bond acceptors (Lipinski definition) is 3. The van der Waals surface area contributed by atoms with Crippen molar-refractivity contribution in [2.45, 2.75) is 26.4 Å². The smallest absolute Gasteiger partial charge is 0.335 e. The van der Waals surface area contributed by atoms with Gasteiger partial charge in [-0.05, 0) is 19.3 Å². The van der Waals surface area contributed by atoms with E-state index in [0.717, 1.165) is 6.42 Å². The van der Waals surface area contributed by atoms with Crippen LogP contribution in [0.5, 0.6) is 0 Å². The summed E-state index contributed by atoms with van der Waals surface area (Å²) in [6.07, 6.45) is 0.503. The second-order valence-electron chi connectivity index (χ2n) is 2.91. The molecule has 1 saturated heterocycles. The molecular weight excluding hydrogens is 144 g/mol. The fraction of sp³-hybridized carbons (Fsp3) is 0.875. The molecule has 1 aliphatic heterocycles. The normalized spacial score (nSPS) is 30.4. The predicted octanol–water partition coefficient (Wildman–Crippen LogP) is 0.974. The Balaban J connectivity index is 2.31. The van der Waals surface area contributed by atoms with Crippen LogP contribution in [0.2, 0.25) is 0 Å². The summed E-state index contributed by atoms with van der Waals surface area (Å²) in [6.45, 7) is 4.99. The minimum absolute atomic E-state index is 0.211. The molecule has 0 spiro atoms. The molecule has 0 aromatic heterocycles. The molecule has 1 heterocycles. The third-order valence-corrected chi connectivity index (χ3v) is 1.75. The molecule has 0 aromatic rings. The van der Waals surface area contributed by atoms with Crippen molar-refractivity contribution in [3.8, 4) is 0 Å². The summed E-state index contributed by atoms with van der Waals surface area (Å²) in [5, 5.41) is 0. The van der Waals surface area contributed by atoms with Crippen LogP contribution in [-0.4, -0.2) is 25.3 Å². The molecule has 0 radical (unpaired) electrons. The van der Waals surface area contributed by atoms with Crippen LogP contribution in [0.3, 0.4) is 0 Å². The van der Waals surface area contributed by atoms with Gasteiger partial charge < -0.3 is 9.47 Å². The third-order valence-electron chi connectivity index (χ3n) is 1.75. The number of hydrogen-bond donors (Lipinski definition) is 0. The summed E-state index contributed by atoms with van der Waals surface area (Å²) < 4.78 is 10.0. The molecule has 0 aromatic carbocycles. The van der Waals surface area contributed by atoms with Gasteiger partial charge in [0.15, 0.2) is 6.10 Å². The van der Waals surface area contributed by atoms with Gasteiger partial charge in [0.2, 0.25) is 0 Å². The molecular formula is C8H14O3. The van der Waals surface area contributed by atoms with E-state index in [2.05, 4.69) is 6.92 Å². The Hall–Kier alpha value is -0.570. The van der Waals surface area contributed by atoms with Gasteiger partial charge in [-0.15, -0.1) is 0 Å². The van der Waals surface area contributed by atoms with E-state index in [1.54, 1.807) is 6.92 Å². The second kappa shape index (κ2) is 3.72. The van der Waals surface area contributed by atoms with Gasteiger partial charge in [0.1, 0.15) is 0 Å². The highest BCUT2D eigenvalue weighted by Crippen LogP contribution is 2.19. The lowest BCUT2D eigenvalue weighted by Crippen LogP contribution is -2.22. The summed E-state index contributed by atoms with van der Waals surface area (Å²) in [4.78, 5) is 11.0. The van der Waals surface area contributed by atoms with Crippen molar-refractivity contribution in [1.29, 1.82) is 0 Å². The van der Waals surface area contributed by atoms with E-state index in [-0.39, 0.29) is 12.1 Å². The van der Waals surface area contributed by atoms with Gasteiger partial charge in [-0.1, -0.05) is 6.92 Å². The monoisotopic (exact) mass is 158 g/mol. The van der Waals surface area contributed by atoms with Crippen LogP contribution in [-0.2, 0) is 14.3 Å². The van der Waals surface area contributed by atoms with Crippen LogP contribution in [0.1, 0.15) is 20.3 Å². The van der Waals surface area contributed by atoms with Crippen LogP contribution in [0, 0.1) is 5.92 Å². The van der Waals surface area contributed by atoms with Crippen molar-refractivity contribution in [2.24, 2.45) is 5.92 Å². The molecule has 11 heavy (non-hydrogen) atoms. The lowest BCUT2D eigenvalue weighted by molar-refractivity contribution is -0.153. The average molecular weight is 158 g/mol. The van der Waals surface area contributed by atoms with E-state index in [1.807, 2.05) is 0 Å². The lowest BCUT2D eigenvalue weighted by atomic mass is 10.1. The molecule has 3 nitrogen and oxygen atoms in total. The zero-order valence-corrected chi connectivity index (χ0v) is 7.00. The second-order valence-corrected chi connectivity index (χ2v) is 2.91. The summed E-state index contributed by atoms with van der Waals surface area (Å²) in [5.41, 5.74) is 0. The number of esters is 1. The summed E-state index contributed by atoms with van der Waals surface area (Å²) in [6, 6.07) is 0. The summed E-state index contributed by atoms with van der Waals surface area (Å²) in [5.74, 6) is 0.279. The molecule has 0 bridgehead atoms. The highest BCUT2D eigenvalue weighted by molar-refractivity contribution is 5.74. The summed E-state index contributed by atoms with van der Waals surface area (Å²) in [7, 11) is 0. The predicted molar refractivity (Wildman–Crippen MR) is 40.2 cm³/mol. The van der Waals surface area contributed by atoms with Crippen molar-refractivity contribution >= 4 is 5.97 Å². The fourth-order valence-corrected chi connectivity index (χ4v) is 1.18. The largest absolute Gasteiger partial charge is 0.464 e. The summed E-state index contributed by atoms with van der Waals surface area (Å²) >= 11 is 0. The molecule has 64 valence electrons. The zero-order chi connectivity index (χ0) is 8.27. The first-order valence-corrected chi connectivity index (χ1v) is 4.02. The van der Waals surface area contributed by atoms with Crippen molar-refractivity contribution in [2.75, 3.05) is 13.2 Å². The maximum Gasteiger partial charge on any atom is 0.335 e. The van der Waals surface area contributed by atoms with Gasteiger partial charge >= 0.3 is 5.97 Å². The first-order chi connectivity index (χ1) is 5.24. The SMILES string of the molecule is CCOC(=O)C1CC(C)CO1. The van der Waals surface area contributed by atoms with Gasteiger partial charge in [-0.2, -0.15) is 0 Å². The van der Waals surface area contributed by atoms with Gasteiger partial charge in [0.05, 0.1) is 13.2 Å². The molecule has 1 rings (SSSR count). The third kappa shape index (κ3) is 2.19. The van der Waals surface area contributed by atoms with Crippen LogP contribution in [0.25, 0.3) is 0 Å². The Labute approximate surface area is 66.7 Å². The molecule has 0 saturated carbocycles. The number of ether oxygens (including phenoxy) is 2. The molecule has 1 aliphatic rings. The zero-order valence-electron chi connectivity index (χ0n) is 7.00. The first-order valence-electron chi connectivity index (χ1n) is 4.02. The van der Waals surface area contributed by atoms with Gasteiger partial charge in [-0.25, -0.2) is 4.79 Å². The number of carbonyl (C=O) groups excluding carboxylic acids is 1. The lowest BCUT2D eigenvalue weighted by Gasteiger charge is -2.06. The van der Waals surface area contributed by atoms with E-state index in [1.165, 1.54) is 0 Å². The standard InChI is InChI=1S/C8H14O3/c1-3-10-8(9)7-4-6(2)5-11-7/h6-7H,3-5H2,1-2H3. The van der Waals surface area contributed by atoms with Crippen LogP contribution in [0.15, 0.2) is 0 Å². The van der Waals surface area contributed by atoms with Gasteiger partial charge in [0, 0.05) is 0 Å². The van der Waals surface area contributed by atoms with Crippen molar-refractivity contribution in [1.82, 2.24) is 0 Å². The number of rotatable bonds is 2. The van der Waals surface area contributed by atoms with Crippen LogP contribution in [0.4, 0.5) is 0 Å². The Morgan fingerprint density at radius 1 is 1.73 bits per heavy atom. The molecule has 0 N–H and O–H groups in total. The average Bonchev–Trinajstić information content (AvgIpc) is 2.36. The van der Waals surface area contributed by atoms with Crippen LogP contribution < -0.4 is 0 Å². The Kier molecular flexibility index (Phi) is 2.88. The van der Waals surface area contributed by atoms with E-state index < -0.39 is 0 Å². The van der Waals surface area contributed by atoms with E-state index in [4.69, 9.17) is 9.47 Å². The topological polar surface area (TPSA) is 35.5 Å². The molecule has 2 unspecified atom stereocenters. The highest BCUT2D eigenvalue weighted by atomic mass is 16.6. The van der Waals surface area contributed by atoms with Crippen molar-refractivity contribution < 1.29 is 14.3 Å². The maximum atomic E-state index is 11.0. The Morgan fingerprint density at radius 2 is 2.45 bits per heavy atom. The molecule has 0 amide bonds. The minimum atomic E-state index is -0.301. The number of carbonyl (C=O) groups is 1. The van der Waals surface area contributed by atoms with E-state index >= 15 is 0 Å². The minimum Gasteiger partial charge on any atom is -0.464 e. The quantitative estimate of drug-likeness (QED) is 0.562. The molecule has 2 atom stereocenters. The molecule has 3 heteroatoms.